The van der Waals surface area contributed by atoms with Crippen molar-refractivity contribution < 1.29 is 4.79 Å². The van der Waals surface area contributed by atoms with Crippen molar-refractivity contribution in [1.29, 1.82) is 0 Å². The van der Waals surface area contributed by atoms with Crippen LogP contribution >= 0.6 is 35.3 Å². The number of rotatable bonds is 3. The Morgan fingerprint density at radius 1 is 1.50 bits per heavy atom. The Hall–Kier alpha value is -0.0900. The van der Waals surface area contributed by atoms with Gasteiger partial charge in [-0.25, -0.2) is 0 Å². The van der Waals surface area contributed by atoms with Crippen LogP contribution in [-0.4, -0.2) is 18.9 Å². The normalized spacial score (nSPS) is 16.8. The molecule has 16 heavy (non-hydrogen) atoms. The molecule has 1 saturated heterocycles. The molecular formula is C11H15Cl2NOS. The number of hydrogen-bond acceptors (Lipinski definition) is 3. The Bertz CT molecular complexity index is 348. The molecule has 0 radical (unpaired) electrons. The molecule has 0 aliphatic carbocycles. The highest BCUT2D eigenvalue weighted by molar-refractivity contribution is 7.12. The SMILES string of the molecule is Cl.O=C(CC1CCNCC1)c1sccc1Cl. The van der Waals surface area contributed by atoms with E-state index >= 15 is 0 Å². The molecule has 1 aromatic rings. The van der Waals surface area contributed by atoms with Crippen molar-refractivity contribution in [2.24, 2.45) is 5.92 Å². The maximum absolute atomic E-state index is 11.9. The van der Waals surface area contributed by atoms with Crippen LogP contribution in [0.15, 0.2) is 11.4 Å². The maximum atomic E-state index is 11.9. The smallest absolute Gasteiger partial charge is 0.174 e. The number of Topliss-reactive ketones (excluding diaryl/α,β-unsaturated/α-hetero) is 1. The fourth-order valence-corrected chi connectivity index (χ4v) is 3.05. The van der Waals surface area contributed by atoms with Gasteiger partial charge in [0.1, 0.15) is 0 Å². The third-order valence-electron chi connectivity index (χ3n) is 2.80. The van der Waals surface area contributed by atoms with Gasteiger partial charge in [0.15, 0.2) is 5.78 Å². The average Bonchev–Trinajstić information content (AvgIpc) is 2.66. The summed E-state index contributed by atoms with van der Waals surface area (Å²) in [5.74, 6) is 0.749. The van der Waals surface area contributed by atoms with Crippen molar-refractivity contribution >= 4 is 41.1 Å². The minimum absolute atomic E-state index is 0. The van der Waals surface area contributed by atoms with E-state index in [0.29, 0.717) is 17.4 Å². The summed E-state index contributed by atoms with van der Waals surface area (Å²) in [5.41, 5.74) is 0. The number of nitrogens with one attached hydrogen (secondary N) is 1. The molecule has 0 aromatic carbocycles. The van der Waals surface area contributed by atoms with Gasteiger partial charge in [0.2, 0.25) is 0 Å². The molecule has 0 bridgehead atoms. The Morgan fingerprint density at radius 2 is 2.19 bits per heavy atom. The van der Waals surface area contributed by atoms with Gasteiger partial charge < -0.3 is 5.32 Å². The summed E-state index contributed by atoms with van der Waals surface area (Å²) in [6.45, 7) is 2.08. The van der Waals surface area contributed by atoms with Gasteiger partial charge in [0, 0.05) is 6.42 Å². The van der Waals surface area contributed by atoms with E-state index in [-0.39, 0.29) is 18.2 Å². The molecule has 0 spiro atoms. The van der Waals surface area contributed by atoms with Crippen molar-refractivity contribution in [3.63, 3.8) is 0 Å². The highest BCUT2D eigenvalue weighted by atomic mass is 35.5. The number of piperidine rings is 1. The van der Waals surface area contributed by atoms with Gasteiger partial charge in [0.05, 0.1) is 9.90 Å². The van der Waals surface area contributed by atoms with Crippen LogP contribution in [0.5, 0.6) is 0 Å². The number of halogens is 2. The number of ketones is 1. The molecule has 1 aliphatic rings. The molecule has 1 fully saturated rings. The molecule has 0 saturated carbocycles. The lowest BCUT2D eigenvalue weighted by Crippen LogP contribution is -2.28. The molecule has 0 atom stereocenters. The second-order valence-electron chi connectivity index (χ2n) is 3.92. The molecule has 2 heterocycles. The van der Waals surface area contributed by atoms with E-state index in [1.165, 1.54) is 11.3 Å². The molecule has 1 aromatic heterocycles. The summed E-state index contributed by atoms with van der Waals surface area (Å²) >= 11 is 7.38. The Balaban J connectivity index is 0.00000128. The first-order valence-corrected chi connectivity index (χ1v) is 6.50. The zero-order chi connectivity index (χ0) is 10.7. The number of carbonyl (C=O) groups excluding carboxylic acids is 1. The molecule has 90 valence electrons. The minimum atomic E-state index is 0. The second-order valence-corrected chi connectivity index (χ2v) is 5.24. The summed E-state index contributed by atoms with van der Waals surface area (Å²) in [7, 11) is 0. The first-order valence-electron chi connectivity index (χ1n) is 5.24. The fraction of sp³-hybridized carbons (Fsp3) is 0.545. The van der Waals surface area contributed by atoms with Crippen molar-refractivity contribution in [3.05, 3.63) is 21.3 Å². The van der Waals surface area contributed by atoms with Crippen LogP contribution in [0.3, 0.4) is 0 Å². The average molecular weight is 280 g/mol. The molecular weight excluding hydrogens is 265 g/mol. The van der Waals surface area contributed by atoms with Gasteiger partial charge in [-0.3, -0.25) is 4.79 Å². The maximum Gasteiger partial charge on any atom is 0.174 e. The van der Waals surface area contributed by atoms with E-state index in [1.807, 2.05) is 5.38 Å². The van der Waals surface area contributed by atoms with Crippen LogP contribution < -0.4 is 5.32 Å². The molecule has 0 unspecified atom stereocenters. The van der Waals surface area contributed by atoms with Crippen LogP contribution in [0.4, 0.5) is 0 Å². The largest absolute Gasteiger partial charge is 0.317 e. The van der Waals surface area contributed by atoms with E-state index in [2.05, 4.69) is 5.32 Å². The van der Waals surface area contributed by atoms with E-state index in [9.17, 15) is 4.79 Å². The molecule has 2 nitrogen and oxygen atoms in total. The van der Waals surface area contributed by atoms with E-state index in [4.69, 9.17) is 11.6 Å². The summed E-state index contributed by atoms with van der Waals surface area (Å²) in [4.78, 5) is 12.6. The van der Waals surface area contributed by atoms with Crippen LogP contribution in [0.1, 0.15) is 28.9 Å². The Morgan fingerprint density at radius 3 is 2.75 bits per heavy atom. The fourth-order valence-electron chi connectivity index (χ4n) is 1.93. The Labute approximate surface area is 111 Å². The van der Waals surface area contributed by atoms with Crippen LogP contribution in [-0.2, 0) is 0 Å². The van der Waals surface area contributed by atoms with Gasteiger partial charge in [-0.2, -0.15) is 0 Å². The van der Waals surface area contributed by atoms with Gasteiger partial charge in [-0.05, 0) is 43.3 Å². The predicted octanol–water partition coefficient (Wildman–Crippen LogP) is 3.40. The monoisotopic (exact) mass is 279 g/mol. The Kier molecular flexibility index (Phi) is 5.76. The van der Waals surface area contributed by atoms with Crippen LogP contribution in [0, 0.1) is 5.92 Å². The van der Waals surface area contributed by atoms with Gasteiger partial charge in [-0.1, -0.05) is 11.6 Å². The van der Waals surface area contributed by atoms with E-state index < -0.39 is 0 Å². The highest BCUT2D eigenvalue weighted by Gasteiger charge is 2.19. The van der Waals surface area contributed by atoms with Crippen LogP contribution in [0.25, 0.3) is 0 Å². The predicted molar refractivity (Wildman–Crippen MR) is 71.1 cm³/mol. The van der Waals surface area contributed by atoms with Crippen molar-refractivity contribution in [2.45, 2.75) is 19.3 Å². The van der Waals surface area contributed by atoms with Crippen LogP contribution in [0.2, 0.25) is 5.02 Å². The third-order valence-corrected chi connectivity index (χ3v) is 4.19. The highest BCUT2D eigenvalue weighted by Crippen LogP contribution is 2.26. The van der Waals surface area contributed by atoms with Gasteiger partial charge in [0.25, 0.3) is 0 Å². The lowest BCUT2D eigenvalue weighted by molar-refractivity contribution is 0.0956. The van der Waals surface area contributed by atoms with E-state index in [1.54, 1.807) is 6.07 Å². The van der Waals surface area contributed by atoms with Crippen molar-refractivity contribution in [1.82, 2.24) is 5.32 Å². The minimum Gasteiger partial charge on any atom is -0.317 e. The zero-order valence-electron chi connectivity index (χ0n) is 8.87. The lowest BCUT2D eigenvalue weighted by atomic mass is 9.92. The zero-order valence-corrected chi connectivity index (χ0v) is 11.3. The molecule has 5 heteroatoms. The molecule has 1 aliphatic heterocycles. The third kappa shape index (κ3) is 3.45. The van der Waals surface area contributed by atoms with Gasteiger partial charge in [-0.15, -0.1) is 23.7 Å². The first kappa shape index (κ1) is 14.0. The molecule has 2 rings (SSSR count). The summed E-state index contributed by atoms with van der Waals surface area (Å²) in [6, 6.07) is 1.79. The number of thiophene rings is 1. The lowest BCUT2D eigenvalue weighted by Gasteiger charge is -2.21. The summed E-state index contributed by atoms with van der Waals surface area (Å²) in [6.07, 6.45) is 2.87. The topological polar surface area (TPSA) is 29.1 Å². The standard InChI is InChI=1S/C11H14ClNOS.ClH/c12-9-3-6-15-11(9)10(14)7-8-1-4-13-5-2-8;/h3,6,8,13H,1-2,4-5,7H2;1H. The van der Waals surface area contributed by atoms with Gasteiger partial charge >= 0.3 is 0 Å². The molecule has 0 amide bonds. The summed E-state index contributed by atoms with van der Waals surface area (Å²) < 4.78 is 0. The quantitative estimate of drug-likeness (QED) is 0.860. The molecule has 1 N–H and O–H groups in total. The number of carbonyl (C=O) groups is 1. The van der Waals surface area contributed by atoms with Crippen molar-refractivity contribution in [2.75, 3.05) is 13.1 Å². The van der Waals surface area contributed by atoms with E-state index in [0.717, 1.165) is 30.8 Å². The first-order chi connectivity index (χ1) is 7.27. The summed E-state index contributed by atoms with van der Waals surface area (Å²) in [5, 5.41) is 5.78. The number of hydrogen-bond donors (Lipinski definition) is 1. The second kappa shape index (κ2) is 6.60. The van der Waals surface area contributed by atoms with Crippen molar-refractivity contribution in [3.8, 4) is 0 Å².